The van der Waals surface area contributed by atoms with E-state index in [2.05, 4.69) is 27.1 Å². The Morgan fingerprint density at radius 2 is 2.31 bits per heavy atom. The molecule has 0 aliphatic carbocycles. The lowest BCUT2D eigenvalue weighted by atomic mass is 10.2. The maximum atomic E-state index is 10.3. The van der Waals surface area contributed by atoms with Crippen molar-refractivity contribution in [2.45, 2.75) is 39.2 Å². The van der Waals surface area contributed by atoms with Crippen LogP contribution in [0.3, 0.4) is 0 Å². The van der Waals surface area contributed by atoms with Gasteiger partial charge in [-0.3, -0.25) is 0 Å². The van der Waals surface area contributed by atoms with Crippen LogP contribution in [-0.4, -0.2) is 32.9 Å². The molecule has 0 spiro atoms. The van der Waals surface area contributed by atoms with Crippen LogP contribution >= 0.6 is 0 Å². The number of aromatic nitrogens is 4. The lowest BCUT2D eigenvalue weighted by Crippen LogP contribution is -2.17. The van der Waals surface area contributed by atoms with Crippen molar-refractivity contribution in [3.63, 3.8) is 0 Å². The minimum absolute atomic E-state index is 0.167. The van der Waals surface area contributed by atoms with Crippen molar-refractivity contribution in [1.82, 2.24) is 20.2 Å². The lowest BCUT2D eigenvalue weighted by Gasteiger charge is -1.98. The number of hydrogen-bond acceptors (Lipinski definition) is 5. The molecule has 0 saturated heterocycles. The van der Waals surface area contributed by atoms with Gasteiger partial charge in [0.05, 0.1) is 6.54 Å². The van der Waals surface area contributed by atoms with Gasteiger partial charge in [0.2, 0.25) is 0 Å². The van der Waals surface area contributed by atoms with E-state index in [0.717, 1.165) is 18.7 Å². The van der Waals surface area contributed by atoms with Gasteiger partial charge in [-0.15, -0.1) is 10.2 Å². The first kappa shape index (κ1) is 12.4. The highest BCUT2D eigenvalue weighted by molar-refractivity contribution is 5.64. The van der Waals surface area contributed by atoms with Gasteiger partial charge in [-0.05, 0) is 11.6 Å². The molecule has 0 saturated carbocycles. The Labute approximate surface area is 93.9 Å². The molecule has 90 valence electrons. The maximum Gasteiger partial charge on any atom is 0.404 e. The van der Waals surface area contributed by atoms with E-state index < -0.39 is 6.09 Å². The van der Waals surface area contributed by atoms with Crippen molar-refractivity contribution in [2.24, 2.45) is 5.73 Å². The molecule has 0 aliphatic rings. The van der Waals surface area contributed by atoms with E-state index in [9.17, 15) is 4.79 Å². The van der Waals surface area contributed by atoms with Crippen LogP contribution in [0.1, 0.15) is 32.0 Å². The molecule has 7 heteroatoms. The molecule has 1 aromatic heterocycles. The Morgan fingerprint density at radius 3 is 3.00 bits per heavy atom. The Balaban J connectivity index is 2.25. The third-order valence-corrected chi connectivity index (χ3v) is 2.03. The molecule has 0 aromatic carbocycles. The van der Waals surface area contributed by atoms with Gasteiger partial charge in [0, 0.05) is 6.42 Å². The smallest absolute Gasteiger partial charge is 0.404 e. The number of rotatable bonds is 7. The van der Waals surface area contributed by atoms with Crippen LogP contribution in [-0.2, 0) is 17.7 Å². The monoisotopic (exact) mass is 227 g/mol. The Bertz CT molecular complexity index is 325. The summed E-state index contributed by atoms with van der Waals surface area (Å²) in [6, 6.07) is 0. The fraction of sp³-hybridized carbons (Fsp3) is 0.778. The third kappa shape index (κ3) is 4.72. The number of hydrogen-bond donors (Lipinski definition) is 1. The normalized spacial score (nSPS) is 10.3. The topological polar surface area (TPSA) is 95.9 Å². The Hall–Kier alpha value is -1.66. The van der Waals surface area contributed by atoms with Gasteiger partial charge in [-0.2, -0.15) is 4.80 Å². The number of nitrogens with zero attached hydrogens (tertiary/aromatic N) is 4. The molecule has 1 amide bonds. The molecule has 0 fully saturated rings. The van der Waals surface area contributed by atoms with Gasteiger partial charge >= 0.3 is 6.09 Å². The Morgan fingerprint density at radius 1 is 1.50 bits per heavy atom. The largest absolute Gasteiger partial charge is 0.448 e. The lowest BCUT2D eigenvalue weighted by molar-refractivity contribution is 0.149. The molecule has 1 heterocycles. The van der Waals surface area contributed by atoms with E-state index in [0.29, 0.717) is 6.54 Å². The summed E-state index contributed by atoms with van der Waals surface area (Å²) in [7, 11) is 0. The van der Waals surface area contributed by atoms with E-state index in [1.54, 1.807) is 0 Å². The molecule has 0 bridgehead atoms. The van der Waals surface area contributed by atoms with E-state index in [4.69, 9.17) is 5.73 Å². The van der Waals surface area contributed by atoms with Crippen LogP contribution in [0.5, 0.6) is 0 Å². The van der Waals surface area contributed by atoms with Crippen LogP contribution in [0.25, 0.3) is 0 Å². The summed E-state index contributed by atoms with van der Waals surface area (Å²) in [5, 5.41) is 11.9. The number of nitrogens with two attached hydrogens (primary N) is 1. The summed E-state index contributed by atoms with van der Waals surface area (Å²) >= 11 is 0. The van der Waals surface area contributed by atoms with Gasteiger partial charge in [0.25, 0.3) is 0 Å². The average Bonchev–Trinajstić information content (AvgIpc) is 2.66. The molecular weight excluding hydrogens is 210 g/mol. The predicted molar refractivity (Wildman–Crippen MR) is 56.6 cm³/mol. The van der Waals surface area contributed by atoms with Gasteiger partial charge < -0.3 is 10.5 Å². The van der Waals surface area contributed by atoms with Gasteiger partial charge in [0.1, 0.15) is 6.61 Å². The molecular formula is C9H17N5O2. The number of primary amides is 1. The molecule has 0 radical (unpaired) electrons. The molecule has 16 heavy (non-hydrogen) atoms. The summed E-state index contributed by atoms with van der Waals surface area (Å²) < 4.78 is 4.56. The molecule has 1 rings (SSSR count). The summed E-state index contributed by atoms with van der Waals surface area (Å²) in [5.41, 5.74) is 4.82. The van der Waals surface area contributed by atoms with Crippen molar-refractivity contribution >= 4 is 6.09 Å². The second-order valence-electron chi connectivity index (χ2n) is 3.43. The number of unbranched alkanes of at least 4 members (excludes halogenated alkanes) is 2. The third-order valence-electron chi connectivity index (χ3n) is 2.03. The molecule has 0 aliphatic heterocycles. The number of ether oxygens (including phenoxy) is 1. The van der Waals surface area contributed by atoms with E-state index in [1.165, 1.54) is 17.6 Å². The van der Waals surface area contributed by atoms with Crippen molar-refractivity contribution in [3.8, 4) is 0 Å². The van der Waals surface area contributed by atoms with E-state index in [1.807, 2.05) is 0 Å². The highest BCUT2D eigenvalue weighted by Crippen LogP contribution is 1.99. The van der Waals surface area contributed by atoms with Gasteiger partial charge in [0.15, 0.2) is 5.82 Å². The van der Waals surface area contributed by atoms with Gasteiger partial charge in [-0.1, -0.05) is 19.8 Å². The second kappa shape index (κ2) is 6.76. The van der Waals surface area contributed by atoms with E-state index >= 15 is 0 Å². The summed E-state index contributed by atoms with van der Waals surface area (Å²) in [4.78, 5) is 11.7. The molecule has 1 aromatic rings. The van der Waals surface area contributed by atoms with Crippen molar-refractivity contribution in [2.75, 3.05) is 6.61 Å². The van der Waals surface area contributed by atoms with Crippen LogP contribution in [0.15, 0.2) is 0 Å². The highest BCUT2D eigenvalue weighted by Gasteiger charge is 2.02. The zero-order valence-electron chi connectivity index (χ0n) is 9.43. The zero-order valence-corrected chi connectivity index (χ0v) is 9.43. The van der Waals surface area contributed by atoms with Crippen LogP contribution in [0.4, 0.5) is 4.79 Å². The average molecular weight is 227 g/mol. The maximum absolute atomic E-state index is 10.3. The van der Waals surface area contributed by atoms with Crippen molar-refractivity contribution in [1.29, 1.82) is 0 Å². The zero-order chi connectivity index (χ0) is 11.8. The fourth-order valence-corrected chi connectivity index (χ4v) is 1.23. The number of tetrazole rings is 1. The summed E-state index contributed by atoms with van der Waals surface area (Å²) in [5.74, 6) is 0.729. The minimum Gasteiger partial charge on any atom is -0.448 e. The molecule has 2 N–H and O–H groups in total. The van der Waals surface area contributed by atoms with Crippen LogP contribution in [0.2, 0.25) is 0 Å². The SMILES string of the molecule is CCCCCc1nnn(CCOC(N)=O)n1. The highest BCUT2D eigenvalue weighted by atomic mass is 16.5. The molecule has 7 nitrogen and oxygen atoms in total. The number of aryl methyl sites for hydroxylation is 1. The van der Waals surface area contributed by atoms with Crippen LogP contribution < -0.4 is 5.73 Å². The summed E-state index contributed by atoms with van der Waals surface area (Å²) in [6.45, 7) is 2.69. The number of carbonyl (C=O) groups excluding carboxylic acids is 1. The molecule has 0 unspecified atom stereocenters. The quantitative estimate of drug-likeness (QED) is 0.684. The van der Waals surface area contributed by atoms with Crippen molar-refractivity contribution < 1.29 is 9.53 Å². The first-order valence-electron chi connectivity index (χ1n) is 5.41. The van der Waals surface area contributed by atoms with E-state index in [-0.39, 0.29) is 6.61 Å². The predicted octanol–water partition coefficient (Wildman–Crippen LogP) is 0.501. The Kier molecular flexibility index (Phi) is 5.24. The number of amides is 1. The molecule has 0 atom stereocenters. The standard InChI is InChI=1S/C9H17N5O2/c1-2-3-4-5-8-11-13-14(12-8)6-7-16-9(10)15/h2-7H2,1H3,(H2,10,15). The van der Waals surface area contributed by atoms with Gasteiger partial charge in [-0.25, -0.2) is 4.79 Å². The second-order valence-corrected chi connectivity index (χ2v) is 3.43. The van der Waals surface area contributed by atoms with Crippen molar-refractivity contribution in [3.05, 3.63) is 5.82 Å². The summed E-state index contributed by atoms with van der Waals surface area (Å²) in [6.07, 6.45) is 3.45. The number of carbonyl (C=O) groups is 1. The first-order chi connectivity index (χ1) is 7.72. The fourth-order valence-electron chi connectivity index (χ4n) is 1.23. The first-order valence-corrected chi connectivity index (χ1v) is 5.41. The minimum atomic E-state index is -0.789. The van der Waals surface area contributed by atoms with Crippen LogP contribution in [0, 0.1) is 0 Å².